The molecule has 0 rings (SSSR count). The van der Waals surface area contributed by atoms with E-state index in [1.54, 1.807) is 41.5 Å². The van der Waals surface area contributed by atoms with Crippen molar-refractivity contribution in [1.29, 1.82) is 0 Å². The maximum absolute atomic E-state index is 10.8. The van der Waals surface area contributed by atoms with Gasteiger partial charge in [-0.2, -0.15) is 0 Å². The fraction of sp³-hybridized carbons (Fsp3) is 0.722. The first kappa shape index (κ1) is 28.5. The molecule has 0 bridgehead atoms. The zero-order chi connectivity index (χ0) is 21.3. The van der Waals surface area contributed by atoms with Gasteiger partial charge in [-0.3, -0.25) is 24.0 Å². The van der Waals surface area contributed by atoms with E-state index in [1.165, 1.54) is 0 Å². The number of carboxylic acids is 1. The first-order valence-electron chi connectivity index (χ1n) is 8.63. The van der Waals surface area contributed by atoms with Gasteiger partial charge in [-0.05, 0) is 6.42 Å². The van der Waals surface area contributed by atoms with Gasteiger partial charge in [0.05, 0.1) is 11.8 Å². The van der Waals surface area contributed by atoms with Crippen LogP contribution in [-0.2, 0) is 33.4 Å². The van der Waals surface area contributed by atoms with Crippen LogP contribution in [0, 0.1) is 11.8 Å². The van der Waals surface area contributed by atoms with E-state index in [0.717, 1.165) is 6.42 Å². The summed E-state index contributed by atoms with van der Waals surface area (Å²) in [6.07, 6.45) is 1.53. The Kier molecular flexibility index (Phi) is 19.3. The fourth-order valence-electron chi connectivity index (χ4n) is 0.820. The lowest BCUT2D eigenvalue weighted by molar-refractivity contribution is -0.164. The number of aliphatic carboxylic acids is 1. The third-order valence-electron chi connectivity index (χ3n) is 2.41. The summed E-state index contributed by atoms with van der Waals surface area (Å²) in [5.74, 6) is -3.01. The molecule has 0 aromatic carbocycles. The third kappa shape index (κ3) is 21.8. The Bertz CT molecular complexity index is 420. The average Bonchev–Trinajstić information content (AvgIpc) is 2.55. The van der Waals surface area contributed by atoms with Crippen molar-refractivity contribution in [3.63, 3.8) is 0 Å². The number of carbonyl (C=O) groups is 5. The van der Waals surface area contributed by atoms with Gasteiger partial charge in [0.15, 0.2) is 0 Å². The second-order valence-electron chi connectivity index (χ2n) is 5.75. The number of carboxylic acid groups (broad SMARTS) is 1. The zero-order valence-corrected chi connectivity index (χ0v) is 16.8. The maximum atomic E-state index is 10.8. The molecule has 1 N–H and O–H groups in total. The van der Waals surface area contributed by atoms with Gasteiger partial charge in [0, 0.05) is 19.3 Å². The van der Waals surface area contributed by atoms with Gasteiger partial charge >= 0.3 is 29.8 Å². The summed E-state index contributed by atoms with van der Waals surface area (Å²) < 4.78 is 8.77. The van der Waals surface area contributed by atoms with Crippen molar-refractivity contribution in [1.82, 2.24) is 0 Å². The van der Waals surface area contributed by atoms with E-state index in [4.69, 9.17) is 5.11 Å². The Morgan fingerprint density at radius 3 is 1.23 bits per heavy atom. The molecule has 152 valence electrons. The summed E-state index contributed by atoms with van der Waals surface area (Å²) in [6, 6.07) is 0. The summed E-state index contributed by atoms with van der Waals surface area (Å²) in [7, 11) is 0. The minimum Gasteiger partial charge on any atom is -0.481 e. The lowest BCUT2D eigenvalue weighted by Gasteiger charge is -2.06. The highest BCUT2D eigenvalue weighted by Crippen LogP contribution is 2.01. The van der Waals surface area contributed by atoms with Crippen LogP contribution in [0.3, 0.4) is 0 Å². The minimum absolute atomic E-state index is 0.238. The molecule has 8 heteroatoms. The molecule has 0 saturated carbocycles. The monoisotopic (exact) mass is 376 g/mol. The van der Waals surface area contributed by atoms with Crippen LogP contribution in [0.1, 0.15) is 74.1 Å². The smallest absolute Gasteiger partial charge is 0.316 e. The molecule has 0 heterocycles. The van der Waals surface area contributed by atoms with Gasteiger partial charge in [0.2, 0.25) is 0 Å². The van der Waals surface area contributed by atoms with E-state index in [2.05, 4.69) is 9.47 Å². The minimum atomic E-state index is -0.711. The number of esters is 4. The van der Waals surface area contributed by atoms with Crippen LogP contribution in [0.2, 0.25) is 0 Å². The van der Waals surface area contributed by atoms with Gasteiger partial charge < -0.3 is 14.6 Å². The normalized spacial score (nSPS) is 9.27. The Labute approximate surface area is 155 Å². The molecular formula is C18H32O8. The van der Waals surface area contributed by atoms with Gasteiger partial charge in [-0.15, -0.1) is 0 Å². The highest BCUT2D eigenvalue weighted by atomic mass is 16.6. The molecule has 8 nitrogen and oxygen atoms in total. The first-order valence-corrected chi connectivity index (χ1v) is 8.63. The molecule has 0 atom stereocenters. The highest BCUT2D eigenvalue weighted by Gasteiger charge is 2.16. The number of hydrogen-bond acceptors (Lipinski definition) is 7. The summed E-state index contributed by atoms with van der Waals surface area (Å²) in [4.78, 5) is 51.9. The molecule has 0 radical (unpaired) electrons. The topological polar surface area (TPSA) is 124 Å². The van der Waals surface area contributed by atoms with E-state index < -0.39 is 29.8 Å². The lowest BCUT2D eigenvalue weighted by Crippen LogP contribution is -2.20. The van der Waals surface area contributed by atoms with Crippen molar-refractivity contribution in [3.8, 4) is 0 Å². The van der Waals surface area contributed by atoms with E-state index in [9.17, 15) is 24.0 Å². The summed E-state index contributed by atoms with van der Waals surface area (Å²) in [5.41, 5.74) is 0. The summed E-state index contributed by atoms with van der Waals surface area (Å²) >= 11 is 0. The van der Waals surface area contributed by atoms with Crippen LogP contribution < -0.4 is 0 Å². The second-order valence-corrected chi connectivity index (χ2v) is 5.75. The predicted octanol–water partition coefficient (Wildman–Crippen LogP) is 3.12. The number of hydrogen-bond donors (Lipinski definition) is 1. The Morgan fingerprint density at radius 2 is 1.08 bits per heavy atom. The number of ether oxygens (including phenoxy) is 2. The molecule has 0 fully saturated rings. The van der Waals surface area contributed by atoms with Crippen molar-refractivity contribution in [2.24, 2.45) is 11.8 Å². The van der Waals surface area contributed by atoms with E-state index in [0.29, 0.717) is 6.42 Å². The van der Waals surface area contributed by atoms with Crippen LogP contribution in [-0.4, -0.2) is 35.0 Å². The van der Waals surface area contributed by atoms with Crippen molar-refractivity contribution in [2.75, 3.05) is 0 Å². The van der Waals surface area contributed by atoms with Gasteiger partial charge in [0.1, 0.15) is 0 Å². The van der Waals surface area contributed by atoms with Crippen molar-refractivity contribution in [2.45, 2.75) is 74.1 Å². The quantitative estimate of drug-likeness (QED) is 0.554. The van der Waals surface area contributed by atoms with Crippen LogP contribution in [0.25, 0.3) is 0 Å². The SMILES string of the molecule is CC(C)C(=O)OC(=O)C(C)C.CCC(=O)OC(=O)CC.CCCC(=O)O. The number of carbonyl (C=O) groups excluding carboxylic acids is 4. The number of rotatable bonds is 6. The lowest BCUT2D eigenvalue weighted by atomic mass is 10.2. The molecule has 0 aliphatic heterocycles. The Balaban J connectivity index is -0.000000319. The van der Waals surface area contributed by atoms with E-state index >= 15 is 0 Å². The molecule has 0 aromatic rings. The van der Waals surface area contributed by atoms with E-state index in [-0.39, 0.29) is 24.7 Å². The first-order chi connectivity index (χ1) is 11.9. The van der Waals surface area contributed by atoms with Gasteiger partial charge in [-0.25, -0.2) is 0 Å². The molecule has 0 spiro atoms. The molecule has 0 unspecified atom stereocenters. The van der Waals surface area contributed by atoms with Crippen LogP contribution in [0.4, 0.5) is 0 Å². The molecule has 26 heavy (non-hydrogen) atoms. The van der Waals surface area contributed by atoms with Gasteiger partial charge in [0.25, 0.3) is 0 Å². The van der Waals surface area contributed by atoms with Crippen molar-refractivity contribution < 1.29 is 38.6 Å². The summed E-state index contributed by atoms with van der Waals surface area (Å²) in [6.45, 7) is 11.9. The standard InChI is InChI=1S/C8H14O3.C6H10O3.C4H8O2/c1-5(2)7(9)11-8(10)6(3)4;1-3-5(7)9-6(8)4-2;1-2-3-4(5)6/h5-6H,1-4H3;3-4H2,1-2H3;2-3H2,1H3,(H,5,6). The highest BCUT2D eigenvalue weighted by molar-refractivity contribution is 5.87. The second kappa shape index (κ2) is 17.6. The maximum Gasteiger partial charge on any atom is 0.316 e. The Hall–Kier alpha value is -2.25. The average molecular weight is 376 g/mol. The zero-order valence-electron chi connectivity index (χ0n) is 16.8. The van der Waals surface area contributed by atoms with E-state index in [1.807, 2.05) is 6.92 Å². The summed E-state index contributed by atoms with van der Waals surface area (Å²) in [5, 5.41) is 7.91. The molecular weight excluding hydrogens is 344 g/mol. The molecule has 0 saturated heterocycles. The van der Waals surface area contributed by atoms with Crippen molar-refractivity contribution in [3.05, 3.63) is 0 Å². The largest absolute Gasteiger partial charge is 0.481 e. The molecule has 0 aromatic heterocycles. The van der Waals surface area contributed by atoms with Crippen LogP contribution in [0.15, 0.2) is 0 Å². The predicted molar refractivity (Wildman–Crippen MR) is 95.0 cm³/mol. The van der Waals surface area contributed by atoms with Crippen molar-refractivity contribution >= 4 is 29.8 Å². The third-order valence-corrected chi connectivity index (χ3v) is 2.41. The fourth-order valence-corrected chi connectivity index (χ4v) is 0.820. The van der Waals surface area contributed by atoms with Gasteiger partial charge in [-0.1, -0.05) is 48.5 Å². The Morgan fingerprint density at radius 1 is 0.731 bits per heavy atom. The molecule has 0 aliphatic carbocycles. The molecule has 0 amide bonds. The van der Waals surface area contributed by atoms with Crippen LogP contribution >= 0.6 is 0 Å². The van der Waals surface area contributed by atoms with Crippen LogP contribution in [0.5, 0.6) is 0 Å². The molecule has 0 aliphatic rings.